The number of amides is 1. The molecule has 18 heavy (non-hydrogen) atoms. The van der Waals surface area contributed by atoms with Crippen molar-refractivity contribution in [3.05, 3.63) is 0 Å². The summed E-state index contributed by atoms with van der Waals surface area (Å²) < 4.78 is 5.25. The molecule has 1 amide bonds. The smallest absolute Gasteiger partial charge is 0.240 e. The molecule has 2 aliphatic rings. The van der Waals surface area contributed by atoms with Crippen LogP contribution in [0.2, 0.25) is 0 Å². The van der Waals surface area contributed by atoms with Crippen molar-refractivity contribution in [3.63, 3.8) is 0 Å². The highest BCUT2D eigenvalue weighted by molar-refractivity contribution is 5.86. The Morgan fingerprint density at radius 1 is 1.22 bits per heavy atom. The van der Waals surface area contributed by atoms with Gasteiger partial charge in [0, 0.05) is 26.3 Å². The van der Waals surface area contributed by atoms with Crippen LogP contribution in [0.4, 0.5) is 0 Å². The fourth-order valence-electron chi connectivity index (χ4n) is 2.65. The molecular formula is C13H25N3O2. The topological polar surface area (TPSA) is 67.6 Å². The molecule has 0 radical (unpaired) electrons. The maximum absolute atomic E-state index is 12.1. The van der Waals surface area contributed by atoms with Gasteiger partial charge in [-0.25, -0.2) is 0 Å². The second kappa shape index (κ2) is 6.50. The Hall–Kier alpha value is -0.650. The van der Waals surface area contributed by atoms with Gasteiger partial charge >= 0.3 is 0 Å². The SMILES string of the molecule is NC1(C(=O)NCCN2CCCCC2)CCOCC1. The highest BCUT2D eigenvalue weighted by Gasteiger charge is 2.35. The van der Waals surface area contributed by atoms with Gasteiger partial charge in [0.05, 0.1) is 5.54 Å². The summed E-state index contributed by atoms with van der Waals surface area (Å²) in [6, 6.07) is 0. The number of likely N-dealkylation sites (tertiary alicyclic amines) is 1. The molecular weight excluding hydrogens is 230 g/mol. The van der Waals surface area contributed by atoms with Crippen molar-refractivity contribution in [2.24, 2.45) is 5.73 Å². The number of carbonyl (C=O) groups excluding carboxylic acids is 1. The quantitative estimate of drug-likeness (QED) is 0.747. The fraction of sp³-hybridized carbons (Fsp3) is 0.923. The fourth-order valence-corrected chi connectivity index (χ4v) is 2.65. The van der Waals surface area contributed by atoms with Crippen LogP contribution < -0.4 is 11.1 Å². The zero-order valence-electron chi connectivity index (χ0n) is 11.1. The maximum Gasteiger partial charge on any atom is 0.240 e. The van der Waals surface area contributed by atoms with E-state index < -0.39 is 5.54 Å². The van der Waals surface area contributed by atoms with E-state index in [4.69, 9.17) is 10.5 Å². The number of carbonyl (C=O) groups is 1. The Bertz CT molecular complexity index is 271. The van der Waals surface area contributed by atoms with Crippen LogP contribution in [0.3, 0.4) is 0 Å². The van der Waals surface area contributed by atoms with E-state index in [2.05, 4.69) is 10.2 Å². The number of nitrogens with one attached hydrogen (secondary N) is 1. The summed E-state index contributed by atoms with van der Waals surface area (Å²) in [5.74, 6) is -0.0113. The highest BCUT2D eigenvalue weighted by atomic mass is 16.5. The van der Waals surface area contributed by atoms with E-state index in [0.717, 1.165) is 19.6 Å². The lowest BCUT2D eigenvalue weighted by molar-refractivity contribution is -0.129. The molecule has 104 valence electrons. The summed E-state index contributed by atoms with van der Waals surface area (Å²) in [5.41, 5.74) is 5.41. The van der Waals surface area contributed by atoms with Gasteiger partial charge < -0.3 is 20.7 Å². The third kappa shape index (κ3) is 3.67. The monoisotopic (exact) mass is 255 g/mol. The van der Waals surface area contributed by atoms with Gasteiger partial charge in [0.25, 0.3) is 0 Å². The van der Waals surface area contributed by atoms with Gasteiger partial charge in [0.15, 0.2) is 0 Å². The van der Waals surface area contributed by atoms with E-state index in [0.29, 0.717) is 32.6 Å². The lowest BCUT2D eigenvalue weighted by Crippen LogP contribution is -2.57. The van der Waals surface area contributed by atoms with Crippen molar-refractivity contribution in [1.29, 1.82) is 0 Å². The van der Waals surface area contributed by atoms with Crippen LogP contribution in [0.25, 0.3) is 0 Å². The molecule has 2 rings (SSSR count). The summed E-state index contributed by atoms with van der Waals surface area (Å²) in [5, 5.41) is 2.98. The molecule has 2 heterocycles. The Kier molecular flexibility index (Phi) is 4.97. The minimum atomic E-state index is -0.708. The van der Waals surface area contributed by atoms with Gasteiger partial charge in [-0.1, -0.05) is 6.42 Å². The van der Waals surface area contributed by atoms with Crippen LogP contribution >= 0.6 is 0 Å². The van der Waals surface area contributed by atoms with E-state index in [1.54, 1.807) is 0 Å². The van der Waals surface area contributed by atoms with Crippen LogP contribution in [-0.4, -0.2) is 55.7 Å². The number of ether oxygens (including phenoxy) is 1. The first-order valence-electron chi connectivity index (χ1n) is 7.08. The van der Waals surface area contributed by atoms with Crippen LogP contribution in [0, 0.1) is 0 Å². The number of piperidine rings is 1. The average molecular weight is 255 g/mol. The Morgan fingerprint density at radius 2 is 1.89 bits per heavy atom. The van der Waals surface area contributed by atoms with Crippen molar-refractivity contribution >= 4 is 5.91 Å². The predicted octanol–water partition coefficient (Wildman–Crippen LogP) is 0.0964. The molecule has 2 fully saturated rings. The standard InChI is InChI=1S/C13H25N3O2/c14-13(4-10-18-11-5-13)12(17)15-6-9-16-7-2-1-3-8-16/h1-11,14H2,(H,15,17). The number of nitrogens with two attached hydrogens (primary N) is 1. The van der Waals surface area contributed by atoms with E-state index in [1.807, 2.05) is 0 Å². The molecule has 0 atom stereocenters. The van der Waals surface area contributed by atoms with Crippen LogP contribution in [0.15, 0.2) is 0 Å². The molecule has 0 bridgehead atoms. The molecule has 0 aromatic carbocycles. The molecule has 2 saturated heterocycles. The van der Waals surface area contributed by atoms with Gasteiger partial charge in [0.1, 0.15) is 0 Å². The first-order chi connectivity index (χ1) is 8.71. The Labute approximate surface area is 109 Å². The summed E-state index contributed by atoms with van der Waals surface area (Å²) in [6.07, 6.45) is 5.16. The van der Waals surface area contributed by atoms with E-state index in [-0.39, 0.29) is 5.91 Å². The zero-order chi connectivity index (χ0) is 12.8. The number of rotatable bonds is 4. The second-order valence-corrected chi connectivity index (χ2v) is 5.43. The Morgan fingerprint density at radius 3 is 2.56 bits per heavy atom. The highest BCUT2D eigenvalue weighted by Crippen LogP contribution is 2.17. The largest absolute Gasteiger partial charge is 0.381 e. The van der Waals surface area contributed by atoms with E-state index in [1.165, 1.54) is 19.3 Å². The molecule has 0 aromatic rings. The van der Waals surface area contributed by atoms with Crippen molar-refractivity contribution in [2.75, 3.05) is 39.4 Å². The number of hydrogen-bond acceptors (Lipinski definition) is 4. The first kappa shape index (κ1) is 13.8. The molecule has 3 N–H and O–H groups in total. The minimum absolute atomic E-state index is 0.0113. The number of nitrogens with zero attached hydrogens (tertiary/aromatic N) is 1. The molecule has 0 spiro atoms. The summed E-state index contributed by atoms with van der Waals surface area (Å²) in [4.78, 5) is 14.5. The van der Waals surface area contributed by atoms with Crippen molar-refractivity contribution < 1.29 is 9.53 Å². The zero-order valence-corrected chi connectivity index (χ0v) is 11.1. The van der Waals surface area contributed by atoms with Crippen LogP contribution in [-0.2, 0) is 9.53 Å². The van der Waals surface area contributed by atoms with Gasteiger partial charge in [-0.05, 0) is 38.8 Å². The van der Waals surface area contributed by atoms with E-state index >= 15 is 0 Å². The Balaban J connectivity index is 1.67. The third-order valence-electron chi connectivity index (χ3n) is 4.00. The lowest BCUT2D eigenvalue weighted by atomic mass is 9.90. The normalized spacial score (nSPS) is 24.7. The van der Waals surface area contributed by atoms with Gasteiger partial charge in [-0.2, -0.15) is 0 Å². The summed E-state index contributed by atoms with van der Waals surface area (Å²) in [7, 11) is 0. The minimum Gasteiger partial charge on any atom is -0.381 e. The molecule has 0 saturated carbocycles. The molecule has 0 unspecified atom stereocenters. The van der Waals surface area contributed by atoms with Crippen LogP contribution in [0.5, 0.6) is 0 Å². The second-order valence-electron chi connectivity index (χ2n) is 5.43. The summed E-state index contributed by atoms with van der Waals surface area (Å²) >= 11 is 0. The average Bonchev–Trinajstić information content (AvgIpc) is 2.41. The maximum atomic E-state index is 12.1. The molecule has 5 heteroatoms. The van der Waals surface area contributed by atoms with Gasteiger partial charge in [-0.3, -0.25) is 4.79 Å². The summed E-state index contributed by atoms with van der Waals surface area (Å²) in [6.45, 7) is 5.16. The molecule has 0 aliphatic carbocycles. The lowest BCUT2D eigenvalue weighted by Gasteiger charge is -2.32. The third-order valence-corrected chi connectivity index (χ3v) is 4.00. The van der Waals surface area contributed by atoms with Crippen molar-refractivity contribution in [1.82, 2.24) is 10.2 Å². The van der Waals surface area contributed by atoms with Gasteiger partial charge in [0.2, 0.25) is 5.91 Å². The van der Waals surface area contributed by atoms with Gasteiger partial charge in [-0.15, -0.1) is 0 Å². The van der Waals surface area contributed by atoms with Crippen molar-refractivity contribution in [2.45, 2.75) is 37.6 Å². The van der Waals surface area contributed by atoms with Crippen LogP contribution in [0.1, 0.15) is 32.1 Å². The molecule has 5 nitrogen and oxygen atoms in total. The molecule has 0 aromatic heterocycles. The van der Waals surface area contributed by atoms with Crippen molar-refractivity contribution in [3.8, 4) is 0 Å². The first-order valence-corrected chi connectivity index (χ1v) is 7.08. The van der Waals surface area contributed by atoms with E-state index in [9.17, 15) is 4.79 Å². The predicted molar refractivity (Wildman–Crippen MR) is 70.3 cm³/mol. The molecule has 2 aliphatic heterocycles. The number of hydrogen-bond donors (Lipinski definition) is 2.